The maximum atomic E-state index is 14.5. The zero-order chi connectivity index (χ0) is 24.9. The molecule has 2 saturated carbocycles. The number of anilines is 1. The number of benzene rings is 1. The van der Waals surface area contributed by atoms with Gasteiger partial charge in [-0.05, 0) is 56.7 Å². The Labute approximate surface area is 198 Å². The molecule has 3 fully saturated rings. The monoisotopic (exact) mass is 495 g/mol. The standard InChI is InChI=1S/C24H21ClF3NO5/c1-20(2)21(3)10-11-23(20,33-18(21)31)17(30)29-16-7-6-14(25)12-15(16)22(24(26,27)28,34-19(29)32)9-8-13-4-5-13/h6-7,12-13H,4-5,10-11H2,1-3H3. The quantitative estimate of drug-likeness (QED) is 0.399. The average molecular weight is 496 g/mol. The van der Waals surface area contributed by atoms with Crippen molar-refractivity contribution in [2.24, 2.45) is 16.7 Å². The van der Waals surface area contributed by atoms with E-state index in [1.165, 1.54) is 6.07 Å². The van der Waals surface area contributed by atoms with Crippen LogP contribution in [-0.2, 0) is 24.7 Å². The predicted octanol–water partition coefficient (Wildman–Crippen LogP) is 5.12. The number of ether oxygens (including phenoxy) is 2. The molecule has 0 N–H and O–H groups in total. The Morgan fingerprint density at radius 3 is 2.35 bits per heavy atom. The summed E-state index contributed by atoms with van der Waals surface area (Å²) in [7, 11) is 0. The van der Waals surface area contributed by atoms with Crippen LogP contribution < -0.4 is 4.90 Å². The van der Waals surface area contributed by atoms with E-state index in [-0.39, 0.29) is 23.0 Å². The van der Waals surface area contributed by atoms with Gasteiger partial charge in [0.15, 0.2) is 5.60 Å². The SMILES string of the molecule is CC12CCC(C(=O)N3C(=O)OC(C#CC4CC4)(C(F)(F)F)c4cc(Cl)ccc43)(OC1=O)C2(C)C. The number of hydrogen-bond donors (Lipinski definition) is 0. The number of carbonyl (C=O) groups excluding carboxylic acids is 3. The first kappa shape index (κ1) is 23.0. The van der Waals surface area contributed by atoms with E-state index in [1.54, 1.807) is 20.8 Å². The van der Waals surface area contributed by atoms with Crippen LogP contribution in [0.5, 0.6) is 0 Å². The molecule has 6 nitrogen and oxygen atoms in total. The van der Waals surface area contributed by atoms with Gasteiger partial charge in [-0.2, -0.15) is 13.2 Å². The number of hydrogen-bond acceptors (Lipinski definition) is 5. The Bertz CT molecular complexity index is 1210. The molecule has 0 aromatic heterocycles. The first-order valence-corrected chi connectivity index (χ1v) is 11.3. The highest BCUT2D eigenvalue weighted by molar-refractivity contribution is 6.31. The van der Waals surface area contributed by atoms with Crippen LogP contribution in [0.2, 0.25) is 5.02 Å². The number of amides is 2. The molecular formula is C24H21ClF3NO5. The Morgan fingerprint density at radius 2 is 1.82 bits per heavy atom. The van der Waals surface area contributed by atoms with Gasteiger partial charge in [-0.25, -0.2) is 9.69 Å². The number of nitrogens with zero attached hydrogens (tertiary/aromatic N) is 1. The topological polar surface area (TPSA) is 72.9 Å². The fourth-order valence-corrected chi connectivity index (χ4v) is 5.39. The van der Waals surface area contributed by atoms with Crippen molar-refractivity contribution in [1.82, 2.24) is 0 Å². The van der Waals surface area contributed by atoms with Crippen molar-refractivity contribution in [3.8, 4) is 11.8 Å². The van der Waals surface area contributed by atoms with E-state index in [0.717, 1.165) is 12.1 Å². The number of halogens is 4. The van der Waals surface area contributed by atoms with E-state index >= 15 is 0 Å². The minimum atomic E-state index is -5.11. The zero-order valence-corrected chi connectivity index (χ0v) is 19.4. The fraction of sp³-hybridized carbons (Fsp3) is 0.542. The number of fused-ring (bicyclic) bond motifs is 3. The highest BCUT2D eigenvalue weighted by Gasteiger charge is 2.77. The van der Waals surface area contributed by atoms with Gasteiger partial charge in [0.25, 0.3) is 11.5 Å². The van der Waals surface area contributed by atoms with Crippen LogP contribution in [0, 0.1) is 28.6 Å². The molecule has 3 atom stereocenters. The molecule has 4 aliphatic rings. The van der Waals surface area contributed by atoms with E-state index < -0.39 is 51.7 Å². The smallest absolute Gasteiger partial charge is 0.445 e. The summed E-state index contributed by atoms with van der Waals surface area (Å²) >= 11 is 6.04. The first-order chi connectivity index (χ1) is 15.7. The van der Waals surface area contributed by atoms with Crippen molar-refractivity contribution < 1.29 is 37.0 Å². The molecule has 5 rings (SSSR count). The fourth-order valence-electron chi connectivity index (χ4n) is 5.22. The summed E-state index contributed by atoms with van der Waals surface area (Å²) in [4.78, 5) is 40.2. The van der Waals surface area contributed by atoms with Crippen LogP contribution in [0.4, 0.5) is 23.7 Å². The molecule has 3 unspecified atom stereocenters. The van der Waals surface area contributed by atoms with Crippen LogP contribution in [0.25, 0.3) is 0 Å². The molecule has 0 radical (unpaired) electrons. The molecule has 34 heavy (non-hydrogen) atoms. The first-order valence-electron chi connectivity index (χ1n) is 10.9. The number of esters is 1. The number of cyclic esters (lactones) is 1. The largest absolute Gasteiger partial charge is 0.448 e. The summed E-state index contributed by atoms with van der Waals surface area (Å²) in [5.74, 6) is 2.93. The lowest BCUT2D eigenvalue weighted by molar-refractivity contribution is -0.240. The van der Waals surface area contributed by atoms with Crippen LogP contribution in [0.1, 0.15) is 52.0 Å². The molecule has 2 aliphatic heterocycles. The third kappa shape index (κ3) is 2.69. The predicted molar refractivity (Wildman–Crippen MR) is 114 cm³/mol. The lowest BCUT2D eigenvalue weighted by Crippen LogP contribution is -2.61. The lowest BCUT2D eigenvalue weighted by Gasteiger charge is -2.43. The minimum absolute atomic E-state index is 0.0508. The summed E-state index contributed by atoms with van der Waals surface area (Å²) in [5, 5.41) is -0.0508. The highest BCUT2D eigenvalue weighted by atomic mass is 35.5. The van der Waals surface area contributed by atoms with Crippen LogP contribution in [-0.4, -0.2) is 29.7 Å². The second kappa shape index (κ2) is 6.69. The summed E-state index contributed by atoms with van der Waals surface area (Å²) < 4.78 is 53.9. The summed E-state index contributed by atoms with van der Waals surface area (Å²) in [6.45, 7) is 5.05. The van der Waals surface area contributed by atoms with Gasteiger partial charge >= 0.3 is 18.2 Å². The van der Waals surface area contributed by atoms with E-state index in [0.29, 0.717) is 24.2 Å². The molecule has 2 bridgehead atoms. The summed E-state index contributed by atoms with van der Waals surface area (Å²) in [5.41, 5.74) is -7.93. The van der Waals surface area contributed by atoms with Gasteiger partial charge in [-0.15, -0.1) is 0 Å². The Kier molecular flexibility index (Phi) is 4.53. The molecule has 180 valence electrons. The molecule has 1 aromatic carbocycles. The Balaban J connectivity index is 1.68. The van der Waals surface area contributed by atoms with E-state index in [2.05, 4.69) is 11.8 Å². The maximum Gasteiger partial charge on any atom is 0.445 e. The summed E-state index contributed by atoms with van der Waals surface area (Å²) in [6.07, 6.45) is -4.88. The van der Waals surface area contributed by atoms with Crippen LogP contribution in [0.15, 0.2) is 18.2 Å². The Hall–Kier alpha value is -2.73. The Morgan fingerprint density at radius 1 is 1.15 bits per heavy atom. The highest BCUT2D eigenvalue weighted by Crippen LogP contribution is 2.66. The van der Waals surface area contributed by atoms with Gasteiger partial charge in [-0.3, -0.25) is 9.59 Å². The van der Waals surface area contributed by atoms with Crippen molar-refractivity contribution in [2.75, 3.05) is 4.90 Å². The number of imide groups is 1. The second-order valence-electron chi connectivity index (χ2n) is 10.1. The third-order valence-corrected chi connectivity index (χ3v) is 8.30. The van der Waals surface area contributed by atoms with Crippen molar-refractivity contribution in [1.29, 1.82) is 0 Å². The number of rotatable bonds is 1. The average Bonchev–Trinajstić information content (AvgIpc) is 3.52. The maximum absolute atomic E-state index is 14.5. The van der Waals surface area contributed by atoms with Gasteiger partial charge in [0, 0.05) is 21.9 Å². The van der Waals surface area contributed by atoms with Crippen molar-refractivity contribution in [3.05, 3.63) is 28.8 Å². The van der Waals surface area contributed by atoms with Crippen molar-refractivity contribution in [2.45, 2.75) is 63.8 Å². The van der Waals surface area contributed by atoms with Gasteiger partial charge in [0.05, 0.1) is 11.1 Å². The molecule has 0 spiro atoms. The van der Waals surface area contributed by atoms with Crippen LogP contribution >= 0.6 is 11.6 Å². The van der Waals surface area contributed by atoms with Crippen molar-refractivity contribution >= 4 is 35.3 Å². The molecule has 2 aliphatic carbocycles. The molecule has 1 aromatic rings. The molecular weight excluding hydrogens is 475 g/mol. The zero-order valence-electron chi connectivity index (χ0n) is 18.6. The number of alkyl halides is 3. The normalized spacial score (nSPS) is 33.6. The van der Waals surface area contributed by atoms with Crippen molar-refractivity contribution in [3.63, 3.8) is 0 Å². The van der Waals surface area contributed by atoms with E-state index in [1.807, 2.05) is 0 Å². The lowest BCUT2D eigenvalue weighted by atomic mass is 9.66. The van der Waals surface area contributed by atoms with Gasteiger partial charge in [0.1, 0.15) is 0 Å². The van der Waals surface area contributed by atoms with Crippen LogP contribution in [0.3, 0.4) is 0 Å². The molecule has 1 saturated heterocycles. The van der Waals surface area contributed by atoms with Gasteiger partial charge < -0.3 is 9.47 Å². The van der Waals surface area contributed by atoms with Gasteiger partial charge in [-0.1, -0.05) is 31.4 Å². The second-order valence-corrected chi connectivity index (χ2v) is 10.5. The minimum Gasteiger partial charge on any atom is -0.448 e. The van der Waals surface area contributed by atoms with E-state index in [4.69, 9.17) is 21.1 Å². The molecule has 2 amide bonds. The summed E-state index contributed by atoms with van der Waals surface area (Å²) in [6, 6.07) is 3.43. The number of carbonyl (C=O) groups is 3. The molecule has 2 heterocycles. The molecule has 10 heteroatoms. The third-order valence-electron chi connectivity index (χ3n) is 8.06. The van der Waals surface area contributed by atoms with E-state index in [9.17, 15) is 27.6 Å². The van der Waals surface area contributed by atoms with Gasteiger partial charge in [0.2, 0.25) is 0 Å².